The average molecular weight is 469 g/mol. The van der Waals surface area contributed by atoms with E-state index in [-0.39, 0.29) is 42.0 Å². The third kappa shape index (κ3) is 4.58. The molecule has 3 heterocycles. The average Bonchev–Trinajstić information content (AvgIpc) is 2.76. The lowest BCUT2D eigenvalue weighted by atomic mass is 10.1. The number of carbonyl (C=O) groups excluding carboxylic acids is 1. The number of pyridine rings is 1. The van der Waals surface area contributed by atoms with E-state index in [1.807, 2.05) is 13.8 Å². The number of carbonyl (C=O) groups is 1. The number of morpholine rings is 1. The Hall–Kier alpha value is -2.66. The highest BCUT2D eigenvalue weighted by Crippen LogP contribution is 2.34. The molecule has 3 unspecified atom stereocenters. The Labute approximate surface area is 185 Å². The Morgan fingerprint density at radius 3 is 2.44 bits per heavy atom. The standard InChI is InChI=1S/C21H22F3N3O4S/c1-13-11-26(12-14(2)31-13)20(28)15-9-18-19(25-10-15)30-8-7-27(18)32(29)17-5-3-16(4-6-17)21(22,23)24/h3-6,9-10,13-14H,7-8,11-12H2,1-2H3. The summed E-state index contributed by atoms with van der Waals surface area (Å²) in [7, 11) is -1.80. The summed E-state index contributed by atoms with van der Waals surface area (Å²) >= 11 is 0. The Morgan fingerprint density at radius 1 is 1.16 bits per heavy atom. The third-order valence-electron chi connectivity index (χ3n) is 5.17. The zero-order valence-corrected chi connectivity index (χ0v) is 18.3. The Bertz CT molecular complexity index is 1020. The second-order valence-corrected chi connectivity index (χ2v) is 9.15. The second-order valence-electron chi connectivity index (χ2n) is 7.74. The Kier molecular flexibility index (Phi) is 6.13. The van der Waals surface area contributed by atoms with Gasteiger partial charge in [-0.3, -0.25) is 9.10 Å². The number of rotatable bonds is 3. The van der Waals surface area contributed by atoms with Crippen molar-refractivity contribution in [2.24, 2.45) is 0 Å². The van der Waals surface area contributed by atoms with Gasteiger partial charge in [-0.25, -0.2) is 9.19 Å². The molecule has 0 radical (unpaired) electrons. The van der Waals surface area contributed by atoms with Gasteiger partial charge in [0.05, 0.1) is 34.8 Å². The summed E-state index contributed by atoms with van der Waals surface area (Å²) in [6.07, 6.45) is -3.25. The van der Waals surface area contributed by atoms with Crippen LogP contribution < -0.4 is 9.04 Å². The predicted molar refractivity (Wildman–Crippen MR) is 111 cm³/mol. The van der Waals surface area contributed by atoms with E-state index in [2.05, 4.69) is 4.98 Å². The van der Waals surface area contributed by atoms with Crippen LogP contribution in [-0.4, -0.2) is 58.4 Å². The molecule has 3 atom stereocenters. The normalized spacial score (nSPS) is 22.2. The van der Waals surface area contributed by atoms with Crippen LogP contribution in [0.15, 0.2) is 41.4 Å². The Balaban J connectivity index is 1.60. The summed E-state index contributed by atoms with van der Waals surface area (Å²) in [6.45, 7) is 5.10. The maximum atomic E-state index is 13.2. The van der Waals surface area contributed by atoms with E-state index in [1.54, 1.807) is 11.0 Å². The molecule has 4 rings (SSSR count). The molecule has 0 N–H and O–H groups in total. The maximum Gasteiger partial charge on any atom is 0.416 e. The van der Waals surface area contributed by atoms with E-state index in [9.17, 15) is 22.2 Å². The number of nitrogens with zero attached hydrogens (tertiary/aromatic N) is 3. The van der Waals surface area contributed by atoms with Crippen LogP contribution in [0.25, 0.3) is 0 Å². The van der Waals surface area contributed by atoms with E-state index in [0.29, 0.717) is 24.3 Å². The van der Waals surface area contributed by atoms with Gasteiger partial charge in [0.25, 0.3) is 5.91 Å². The first-order valence-electron chi connectivity index (χ1n) is 10.1. The van der Waals surface area contributed by atoms with Gasteiger partial charge in [0.15, 0.2) is 11.0 Å². The number of hydrogen-bond donors (Lipinski definition) is 0. The number of halogens is 3. The SMILES string of the molecule is CC1CN(C(=O)c2cnc3c(c2)N(S(=O)c2ccc(C(F)(F)F)cc2)CCO3)CC(C)O1. The summed E-state index contributed by atoms with van der Waals surface area (Å²) in [5.74, 6) is -0.00934. The number of amides is 1. The second kappa shape index (κ2) is 8.70. The van der Waals surface area contributed by atoms with Crippen LogP contribution in [0.2, 0.25) is 0 Å². The number of hydrogen-bond acceptors (Lipinski definition) is 5. The quantitative estimate of drug-likeness (QED) is 0.690. The molecule has 1 aromatic carbocycles. The number of anilines is 1. The van der Waals surface area contributed by atoms with Gasteiger partial charge in [-0.1, -0.05) is 0 Å². The van der Waals surface area contributed by atoms with Crippen molar-refractivity contribution in [1.29, 1.82) is 0 Å². The van der Waals surface area contributed by atoms with Gasteiger partial charge >= 0.3 is 6.18 Å². The van der Waals surface area contributed by atoms with Crippen molar-refractivity contribution in [1.82, 2.24) is 9.88 Å². The maximum absolute atomic E-state index is 13.2. The topological polar surface area (TPSA) is 72.0 Å². The lowest BCUT2D eigenvalue weighted by molar-refractivity contribution is -0.137. The van der Waals surface area contributed by atoms with Crippen LogP contribution in [0.3, 0.4) is 0 Å². The molecule has 1 saturated heterocycles. The fraction of sp³-hybridized carbons (Fsp3) is 0.429. The lowest BCUT2D eigenvalue weighted by Crippen LogP contribution is -2.48. The molecule has 0 aliphatic carbocycles. The third-order valence-corrected chi connectivity index (χ3v) is 6.63. The van der Waals surface area contributed by atoms with Crippen molar-refractivity contribution < 1.29 is 31.6 Å². The molecule has 1 aromatic heterocycles. The number of ether oxygens (including phenoxy) is 2. The van der Waals surface area contributed by atoms with Crippen molar-refractivity contribution >= 4 is 22.6 Å². The first-order chi connectivity index (χ1) is 15.1. The van der Waals surface area contributed by atoms with E-state index in [4.69, 9.17) is 9.47 Å². The van der Waals surface area contributed by atoms with Crippen LogP contribution in [-0.2, 0) is 21.9 Å². The molecule has 7 nitrogen and oxygen atoms in total. The van der Waals surface area contributed by atoms with Gasteiger partial charge in [0.2, 0.25) is 5.88 Å². The molecule has 0 bridgehead atoms. The molecular weight excluding hydrogens is 447 g/mol. The van der Waals surface area contributed by atoms with Crippen LogP contribution in [0.1, 0.15) is 29.8 Å². The number of aromatic nitrogens is 1. The van der Waals surface area contributed by atoms with E-state index < -0.39 is 22.7 Å². The fourth-order valence-corrected chi connectivity index (χ4v) is 4.95. The highest BCUT2D eigenvalue weighted by Gasteiger charge is 2.32. The molecule has 11 heteroatoms. The molecule has 0 saturated carbocycles. The summed E-state index contributed by atoms with van der Waals surface area (Å²) in [5, 5.41) is 0. The largest absolute Gasteiger partial charge is 0.474 e. The first-order valence-corrected chi connectivity index (χ1v) is 11.2. The zero-order valence-electron chi connectivity index (χ0n) is 17.5. The van der Waals surface area contributed by atoms with Crippen molar-refractivity contribution in [2.45, 2.75) is 37.1 Å². The van der Waals surface area contributed by atoms with Crippen molar-refractivity contribution in [3.8, 4) is 5.88 Å². The summed E-state index contributed by atoms with van der Waals surface area (Å²) < 4.78 is 64.4. The first kappa shape index (κ1) is 22.5. The molecule has 2 aliphatic heterocycles. The summed E-state index contributed by atoms with van der Waals surface area (Å²) in [6, 6.07) is 5.73. The molecule has 1 amide bonds. The Morgan fingerprint density at radius 2 is 1.81 bits per heavy atom. The highest BCUT2D eigenvalue weighted by atomic mass is 32.2. The van der Waals surface area contributed by atoms with Gasteiger partial charge in [0.1, 0.15) is 12.3 Å². The van der Waals surface area contributed by atoms with Gasteiger partial charge in [0, 0.05) is 19.3 Å². The van der Waals surface area contributed by atoms with Crippen LogP contribution in [0, 0.1) is 0 Å². The van der Waals surface area contributed by atoms with Gasteiger partial charge in [-0.05, 0) is 44.2 Å². The van der Waals surface area contributed by atoms with Crippen molar-refractivity contribution in [3.63, 3.8) is 0 Å². The number of benzene rings is 1. The molecule has 1 fully saturated rings. The number of fused-ring (bicyclic) bond motifs is 1. The predicted octanol–water partition coefficient (Wildman–Crippen LogP) is 3.27. The van der Waals surface area contributed by atoms with Gasteiger partial charge < -0.3 is 14.4 Å². The van der Waals surface area contributed by atoms with Crippen LogP contribution in [0.4, 0.5) is 18.9 Å². The minimum Gasteiger partial charge on any atom is -0.474 e. The summed E-state index contributed by atoms with van der Waals surface area (Å²) in [4.78, 5) is 19.2. The molecular formula is C21H22F3N3O4S. The molecule has 2 aromatic rings. The van der Waals surface area contributed by atoms with Crippen LogP contribution >= 0.6 is 0 Å². The zero-order chi connectivity index (χ0) is 23.0. The molecule has 32 heavy (non-hydrogen) atoms. The summed E-state index contributed by atoms with van der Waals surface area (Å²) in [5.41, 5.74) is -0.149. The van der Waals surface area contributed by atoms with E-state index in [1.165, 1.54) is 22.6 Å². The van der Waals surface area contributed by atoms with Gasteiger partial charge in [-0.2, -0.15) is 13.2 Å². The molecule has 2 aliphatic rings. The molecule has 172 valence electrons. The van der Waals surface area contributed by atoms with Crippen molar-refractivity contribution in [3.05, 3.63) is 47.7 Å². The fourth-order valence-electron chi connectivity index (χ4n) is 3.78. The van der Waals surface area contributed by atoms with Crippen molar-refractivity contribution in [2.75, 3.05) is 30.5 Å². The van der Waals surface area contributed by atoms with E-state index in [0.717, 1.165) is 12.1 Å². The van der Waals surface area contributed by atoms with Gasteiger partial charge in [-0.15, -0.1) is 0 Å². The smallest absolute Gasteiger partial charge is 0.416 e. The lowest BCUT2D eigenvalue weighted by Gasteiger charge is -2.35. The van der Waals surface area contributed by atoms with E-state index >= 15 is 0 Å². The van der Waals surface area contributed by atoms with Crippen LogP contribution in [0.5, 0.6) is 5.88 Å². The molecule has 0 spiro atoms. The minimum atomic E-state index is -4.47. The highest BCUT2D eigenvalue weighted by molar-refractivity contribution is 7.86. The number of alkyl halides is 3. The minimum absolute atomic E-state index is 0.0970. The monoisotopic (exact) mass is 469 g/mol.